The third-order valence-corrected chi connectivity index (χ3v) is 7.18. The van der Waals surface area contributed by atoms with Crippen molar-refractivity contribution < 1.29 is 34.1 Å². The summed E-state index contributed by atoms with van der Waals surface area (Å²) in [5, 5.41) is 22.4. The molecule has 0 fully saturated rings. The number of carboxylic acid groups (broad SMARTS) is 1. The summed E-state index contributed by atoms with van der Waals surface area (Å²) in [6.07, 6.45) is 28.0. The van der Waals surface area contributed by atoms with Crippen molar-refractivity contribution in [1.82, 2.24) is 10.6 Å². The van der Waals surface area contributed by atoms with Gasteiger partial charge in [0.15, 0.2) is 0 Å². The van der Waals surface area contributed by atoms with E-state index in [-0.39, 0.29) is 30.9 Å². The highest BCUT2D eigenvalue weighted by molar-refractivity contribution is 5.87. The van der Waals surface area contributed by atoms with Gasteiger partial charge in [-0.15, -0.1) is 0 Å². The molecule has 0 aliphatic carbocycles. The maximum Gasteiger partial charge on any atom is 0.328 e. The van der Waals surface area contributed by atoms with Crippen LogP contribution in [-0.4, -0.2) is 59.3 Å². The summed E-state index contributed by atoms with van der Waals surface area (Å²) in [5.74, 6) is -2.41. The monoisotopic (exact) mass is 608 g/mol. The van der Waals surface area contributed by atoms with Gasteiger partial charge in [0.1, 0.15) is 12.1 Å². The molecule has 4 N–H and O–H groups in total. The number of amides is 2. The van der Waals surface area contributed by atoms with Gasteiger partial charge in [-0.1, -0.05) is 89.5 Å². The van der Waals surface area contributed by atoms with E-state index in [0.29, 0.717) is 12.8 Å². The van der Waals surface area contributed by atoms with E-state index >= 15 is 0 Å². The molecule has 0 saturated heterocycles. The van der Waals surface area contributed by atoms with Gasteiger partial charge in [0.05, 0.1) is 13.2 Å². The van der Waals surface area contributed by atoms with Crippen LogP contribution in [0.25, 0.3) is 0 Å². The molecule has 0 heterocycles. The zero-order chi connectivity index (χ0) is 32.0. The molecule has 2 amide bonds. The Hall–Kier alpha value is -2.68. The van der Waals surface area contributed by atoms with Gasteiger partial charge in [0, 0.05) is 12.8 Å². The molecule has 0 aromatic carbocycles. The Morgan fingerprint density at radius 2 is 1.30 bits per heavy atom. The average molecular weight is 609 g/mol. The van der Waals surface area contributed by atoms with Gasteiger partial charge in [-0.3, -0.25) is 14.4 Å². The Balaban J connectivity index is 4.14. The largest absolute Gasteiger partial charge is 0.480 e. The van der Waals surface area contributed by atoms with Gasteiger partial charge in [-0.05, 0) is 64.2 Å². The molecule has 0 saturated carbocycles. The predicted molar refractivity (Wildman–Crippen MR) is 172 cm³/mol. The Kier molecular flexibility index (Phi) is 27.6. The highest BCUT2D eigenvalue weighted by Crippen LogP contribution is 2.17. The highest BCUT2D eigenvalue weighted by Gasteiger charge is 2.19. The normalized spacial score (nSPS) is 12.8. The number of hydrogen-bond acceptors (Lipinski definition) is 6. The fraction of sp³-hybridized carbons (Fsp3) is 0.765. The van der Waals surface area contributed by atoms with Crippen molar-refractivity contribution in [2.24, 2.45) is 0 Å². The molecule has 0 aromatic heterocycles. The van der Waals surface area contributed by atoms with Crippen LogP contribution in [0.4, 0.5) is 0 Å². The summed E-state index contributed by atoms with van der Waals surface area (Å²) in [7, 11) is 0. The lowest BCUT2D eigenvalue weighted by molar-refractivity contribution is -0.150. The molecule has 0 aliphatic rings. The number of aliphatic hydroxyl groups is 1. The molecule has 0 rings (SSSR count). The Morgan fingerprint density at radius 1 is 0.698 bits per heavy atom. The van der Waals surface area contributed by atoms with Gasteiger partial charge >= 0.3 is 11.9 Å². The summed E-state index contributed by atoms with van der Waals surface area (Å²) in [5.41, 5.74) is 0. The number of aliphatic hydroxyl groups excluding tert-OH is 1. The van der Waals surface area contributed by atoms with Crippen LogP contribution in [-0.2, 0) is 23.9 Å². The lowest BCUT2D eigenvalue weighted by Crippen LogP contribution is -2.47. The number of carbonyl (C=O) groups excluding carboxylic acids is 3. The molecule has 2 atom stereocenters. The number of ether oxygens (including phenoxy) is 1. The van der Waals surface area contributed by atoms with E-state index < -0.39 is 24.5 Å². The maximum atomic E-state index is 12.5. The van der Waals surface area contributed by atoms with Gasteiger partial charge < -0.3 is 25.6 Å². The number of aliphatic carboxylic acids is 1. The van der Waals surface area contributed by atoms with E-state index in [2.05, 4.69) is 48.8 Å². The molecule has 43 heavy (non-hydrogen) atoms. The summed E-state index contributed by atoms with van der Waals surface area (Å²) in [6.45, 7) is 3.30. The van der Waals surface area contributed by atoms with Crippen molar-refractivity contribution in [2.45, 2.75) is 154 Å². The standard InChI is InChI=1S/C34H60N2O7/c1-3-5-7-9-10-11-12-13-14-15-16-17-22-26-33(40)43-29(23-19-8-6-4-2)24-20-18-21-25-31(38)35-27-32(39)36-30(28-37)34(41)42/h7,9,11-12,29-30,37H,3-6,8,10,13-28H2,1-2H3,(H,35,38)(H,36,39)(H,41,42)/b9-7-,12-11-. The van der Waals surface area contributed by atoms with Crippen molar-refractivity contribution in [1.29, 1.82) is 0 Å². The van der Waals surface area contributed by atoms with Crippen LogP contribution in [0.15, 0.2) is 24.3 Å². The molecule has 0 spiro atoms. The Bertz CT molecular complexity index is 798. The molecule has 2 unspecified atom stereocenters. The highest BCUT2D eigenvalue weighted by atomic mass is 16.5. The zero-order valence-corrected chi connectivity index (χ0v) is 27.0. The van der Waals surface area contributed by atoms with Gasteiger partial charge in [0.25, 0.3) is 0 Å². The first kappa shape index (κ1) is 40.3. The summed E-state index contributed by atoms with van der Waals surface area (Å²) >= 11 is 0. The first-order valence-corrected chi connectivity index (χ1v) is 16.7. The molecule has 0 aromatic rings. The molecule has 9 nitrogen and oxygen atoms in total. The maximum absolute atomic E-state index is 12.5. The van der Waals surface area contributed by atoms with Crippen molar-refractivity contribution in [3.05, 3.63) is 24.3 Å². The second-order valence-corrected chi connectivity index (χ2v) is 11.3. The van der Waals surface area contributed by atoms with E-state index in [9.17, 15) is 19.2 Å². The number of carboxylic acids is 1. The van der Waals surface area contributed by atoms with Crippen LogP contribution in [0.5, 0.6) is 0 Å². The van der Waals surface area contributed by atoms with Crippen LogP contribution in [0.1, 0.15) is 142 Å². The van der Waals surface area contributed by atoms with Crippen LogP contribution >= 0.6 is 0 Å². The number of carbonyl (C=O) groups is 4. The average Bonchev–Trinajstić information content (AvgIpc) is 2.98. The molecular formula is C34H60N2O7. The zero-order valence-electron chi connectivity index (χ0n) is 27.0. The molecule has 0 aliphatic heterocycles. The van der Waals surface area contributed by atoms with Gasteiger partial charge in [-0.2, -0.15) is 0 Å². The number of rotatable bonds is 29. The summed E-state index contributed by atoms with van der Waals surface area (Å²) < 4.78 is 5.85. The van der Waals surface area contributed by atoms with Gasteiger partial charge in [-0.25, -0.2) is 4.79 Å². The lowest BCUT2D eigenvalue weighted by Gasteiger charge is -2.18. The van der Waals surface area contributed by atoms with E-state index in [0.717, 1.165) is 83.5 Å². The van der Waals surface area contributed by atoms with E-state index in [1.807, 2.05) is 0 Å². The molecule has 0 bridgehead atoms. The van der Waals surface area contributed by atoms with Crippen molar-refractivity contribution in [3.63, 3.8) is 0 Å². The minimum Gasteiger partial charge on any atom is -0.480 e. The first-order valence-electron chi connectivity index (χ1n) is 16.7. The number of esters is 1. The minimum atomic E-state index is -1.39. The van der Waals surface area contributed by atoms with Crippen molar-refractivity contribution in [3.8, 4) is 0 Å². The molecule has 0 radical (unpaired) electrons. The molecule has 248 valence electrons. The van der Waals surface area contributed by atoms with Crippen LogP contribution in [0.3, 0.4) is 0 Å². The summed E-state index contributed by atoms with van der Waals surface area (Å²) in [6, 6.07) is -1.39. The topological polar surface area (TPSA) is 142 Å². The third-order valence-electron chi connectivity index (χ3n) is 7.18. The summed E-state index contributed by atoms with van der Waals surface area (Å²) in [4.78, 5) is 47.1. The quantitative estimate of drug-likeness (QED) is 0.0430. The fourth-order valence-electron chi connectivity index (χ4n) is 4.57. The fourth-order valence-corrected chi connectivity index (χ4v) is 4.57. The number of allylic oxidation sites excluding steroid dienone is 4. The molecule has 9 heteroatoms. The SMILES string of the molecule is CCC/C=C\C/C=C\CCCCCCCC(=O)OC(CCCCCC)CCCCCC(=O)NCC(=O)NC(CO)C(=O)O. The lowest BCUT2D eigenvalue weighted by atomic mass is 10.0. The third kappa shape index (κ3) is 26.7. The number of unbranched alkanes of at least 4 members (excludes halogenated alkanes) is 11. The molecular weight excluding hydrogens is 548 g/mol. The van der Waals surface area contributed by atoms with Gasteiger partial charge in [0.2, 0.25) is 11.8 Å². The van der Waals surface area contributed by atoms with Crippen LogP contribution in [0.2, 0.25) is 0 Å². The van der Waals surface area contributed by atoms with E-state index in [1.54, 1.807) is 0 Å². The van der Waals surface area contributed by atoms with E-state index in [1.165, 1.54) is 25.7 Å². The predicted octanol–water partition coefficient (Wildman–Crippen LogP) is 6.53. The van der Waals surface area contributed by atoms with Crippen LogP contribution < -0.4 is 10.6 Å². The minimum absolute atomic E-state index is 0.0841. The Labute approximate surface area is 260 Å². The second kappa shape index (κ2) is 29.4. The smallest absolute Gasteiger partial charge is 0.328 e. The second-order valence-electron chi connectivity index (χ2n) is 11.3. The van der Waals surface area contributed by atoms with Crippen LogP contribution in [0, 0.1) is 0 Å². The van der Waals surface area contributed by atoms with Crippen molar-refractivity contribution >= 4 is 23.8 Å². The first-order chi connectivity index (χ1) is 20.8. The van der Waals surface area contributed by atoms with Crippen molar-refractivity contribution in [2.75, 3.05) is 13.2 Å². The number of nitrogens with one attached hydrogen (secondary N) is 2. The Morgan fingerprint density at radius 3 is 1.95 bits per heavy atom. The number of hydrogen-bond donors (Lipinski definition) is 4. The van der Waals surface area contributed by atoms with E-state index in [4.69, 9.17) is 14.9 Å².